The van der Waals surface area contributed by atoms with Crippen molar-refractivity contribution in [2.24, 2.45) is 0 Å². The standard InChI is InChI=1S/C17H17NO6/c1-20-14-10-3-6-23-15(10)17(21-2)16-13(14)11(9-12(19)24-16)18-4-7-22-8-5-18/h3,6,9H,4-5,7-8H2,1-2H3. The molecule has 0 radical (unpaired) electrons. The molecule has 3 aromatic rings. The van der Waals surface area contributed by atoms with Crippen LogP contribution in [0.4, 0.5) is 5.69 Å². The molecular weight excluding hydrogens is 314 g/mol. The molecule has 0 N–H and O–H groups in total. The van der Waals surface area contributed by atoms with Crippen molar-refractivity contribution in [3.05, 3.63) is 28.8 Å². The first-order valence-electron chi connectivity index (χ1n) is 7.66. The Labute approximate surface area is 137 Å². The molecular formula is C17H17NO6. The number of benzene rings is 1. The number of morpholine rings is 1. The van der Waals surface area contributed by atoms with E-state index in [0.29, 0.717) is 54.4 Å². The summed E-state index contributed by atoms with van der Waals surface area (Å²) in [6.45, 7) is 2.59. The Kier molecular flexibility index (Phi) is 3.57. The van der Waals surface area contributed by atoms with Gasteiger partial charge in [-0.15, -0.1) is 0 Å². The summed E-state index contributed by atoms with van der Waals surface area (Å²) in [4.78, 5) is 14.2. The minimum atomic E-state index is -0.449. The normalized spacial score (nSPS) is 15.2. The highest BCUT2D eigenvalue weighted by atomic mass is 16.5. The maximum Gasteiger partial charge on any atom is 0.338 e. The average molecular weight is 331 g/mol. The number of nitrogens with zero attached hydrogens (tertiary/aromatic N) is 1. The van der Waals surface area contributed by atoms with Gasteiger partial charge in [-0.05, 0) is 6.07 Å². The SMILES string of the molecule is COc1c2occc2c(OC)c2c(N3CCOCC3)cc(=O)oc12. The third-order valence-corrected chi connectivity index (χ3v) is 4.25. The molecule has 1 aliphatic heterocycles. The minimum Gasteiger partial charge on any atom is -0.495 e. The van der Waals surface area contributed by atoms with Crippen LogP contribution in [0.2, 0.25) is 0 Å². The van der Waals surface area contributed by atoms with E-state index in [1.165, 1.54) is 13.2 Å². The highest BCUT2D eigenvalue weighted by Gasteiger charge is 2.25. The van der Waals surface area contributed by atoms with Gasteiger partial charge in [0.2, 0.25) is 5.75 Å². The lowest BCUT2D eigenvalue weighted by Gasteiger charge is -2.29. The second kappa shape index (κ2) is 5.76. The van der Waals surface area contributed by atoms with Gasteiger partial charge in [-0.1, -0.05) is 0 Å². The molecule has 126 valence electrons. The van der Waals surface area contributed by atoms with Gasteiger partial charge in [-0.3, -0.25) is 0 Å². The molecule has 4 rings (SSSR count). The van der Waals surface area contributed by atoms with Crippen molar-refractivity contribution < 1.29 is 23.0 Å². The summed E-state index contributed by atoms with van der Waals surface area (Å²) >= 11 is 0. The fourth-order valence-corrected chi connectivity index (χ4v) is 3.21. The number of hydrogen-bond acceptors (Lipinski definition) is 7. The number of ether oxygens (including phenoxy) is 3. The van der Waals surface area contributed by atoms with E-state index in [1.807, 2.05) is 6.07 Å². The number of anilines is 1. The topological polar surface area (TPSA) is 74.3 Å². The Hall–Kier alpha value is -2.67. The maximum atomic E-state index is 12.1. The van der Waals surface area contributed by atoms with Crippen LogP contribution in [0.3, 0.4) is 0 Å². The monoisotopic (exact) mass is 331 g/mol. The Morgan fingerprint density at radius 2 is 1.83 bits per heavy atom. The molecule has 7 nitrogen and oxygen atoms in total. The Bertz CT molecular complexity index is 951. The van der Waals surface area contributed by atoms with Crippen LogP contribution in [0, 0.1) is 0 Å². The third-order valence-electron chi connectivity index (χ3n) is 4.25. The summed E-state index contributed by atoms with van der Waals surface area (Å²) in [5.74, 6) is 0.984. The number of methoxy groups -OCH3 is 2. The molecule has 1 saturated heterocycles. The molecule has 1 fully saturated rings. The van der Waals surface area contributed by atoms with Crippen LogP contribution in [0.15, 0.2) is 32.0 Å². The Balaban J connectivity index is 2.14. The highest BCUT2D eigenvalue weighted by Crippen LogP contribution is 2.46. The fourth-order valence-electron chi connectivity index (χ4n) is 3.21. The van der Waals surface area contributed by atoms with E-state index in [-0.39, 0.29) is 0 Å². The van der Waals surface area contributed by atoms with E-state index in [2.05, 4.69) is 4.90 Å². The molecule has 24 heavy (non-hydrogen) atoms. The van der Waals surface area contributed by atoms with Crippen LogP contribution in [-0.2, 0) is 4.74 Å². The molecule has 0 unspecified atom stereocenters. The quantitative estimate of drug-likeness (QED) is 0.682. The van der Waals surface area contributed by atoms with Gasteiger partial charge < -0.3 is 27.9 Å². The molecule has 1 aliphatic rings. The first-order valence-corrected chi connectivity index (χ1v) is 7.66. The number of hydrogen-bond donors (Lipinski definition) is 0. The van der Waals surface area contributed by atoms with E-state index < -0.39 is 5.63 Å². The lowest BCUT2D eigenvalue weighted by atomic mass is 10.1. The van der Waals surface area contributed by atoms with Gasteiger partial charge in [-0.25, -0.2) is 4.79 Å². The van der Waals surface area contributed by atoms with Crippen LogP contribution < -0.4 is 20.0 Å². The van der Waals surface area contributed by atoms with Crippen LogP contribution in [-0.4, -0.2) is 40.5 Å². The summed E-state index contributed by atoms with van der Waals surface area (Å²) in [5.41, 5.74) is 1.12. The van der Waals surface area contributed by atoms with Gasteiger partial charge >= 0.3 is 5.63 Å². The lowest BCUT2D eigenvalue weighted by molar-refractivity contribution is 0.123. The zero-order valence-corrected chi connectivity index (χ0v) is 13.5. The van der Waals surface area contributed by atoms with Crippen LogP contribution in [0.5, 0.6) is 11.5 Å². The summed E-state index contributed by atoms with van der Waals surface area (Å²) in [7, 11) is 3.10. The predicted octanol–water partition coefficient (Wildman–Crippen LogP) is 2.39. The van der Waals surface area contributed by atoms with Gasteiger partial charge in [0.05, 0.1) is 50.2 Å². The Morgan fingerprint density at radius 3 is 2.54 bits per heavy atom. The van der Waals surface area contributed by atoms with Crippen molar-refractivity contribution >= 4 is 27.6 Å². The zero-order valence-electron chi connectivity index (χ0n) is 13.5. The molecule has 0 bridgehead atoms. The van der Waals surface area contributed by atoms with Crippen molar-refractivity contribution in [3.63, 3.8) is 0 Å². The van der Waals surface area contributed by atoms with Gasteiger partial charge in [0.1, 0.15) is 5.75 Å². The number of furan rings is 1. The largest absolute Gasteiger partial charge is 0.495 e. The molecule has 0 spiro atoms. The summed E-state index contributed by atoms with van der Waals surface area (Å²) < 4.78 is 27.5. The van der Waals surface area contributed by atoms with Gasteiger partial charge in [0.25, 0.3) is 0 Å². The lowest BCUT2D eigenvalue weighted by Crippen LogP contribution is -2.36. The second-order valence-corrected chi connectivity index (χ2v) is 5.48. The van der Waals surface area contributed by atoms with Crippen LogP contribution in [0.25, 0.3) is 21.9 Å². The number of fused-ring (bicyclic) bond motifs is 2. The van der Waals surface area contributed by atoms with Crippen LogP contribution in [0.1, 0.15) is 0 Å². The number of rotatable bonds is 3. The fraction of sp³-hybridized carbons (Fsp3) is 0.353. The van der Waals surface area contributed by atoms with E-state index in [0.717, 1.165) is 11.1 Å². The molecule has 0 atom stereocenters. The summed E-state index contributed by atoms with van der Waals surface area (Å²) in [6.07, 6.45) is 1.56. The molecule has 1 aromatic carbocycles. The van der Waals surface area contributed by atoms with Crippen LogP contribution >= 0.6 is 0 Å². The molecule has 2 aromatic heterocycles. The smallest absolute Gasteiger partial charge is 0.338 e. The summed E-state index contributed by atoms with van der Waals surface area (Å²) in [5, 5.41) is 1.47. The summed E-state index contributed by atoms with van der Waals surface area (Å²) in [6, 6.07) is 3.30. The van der Waals surface area contributed by atoms with E-state index in [1.54, 1.807) is 13.4 Å². The third kappa shape index (κ3) is 2.12. The predicted molar refractivity (Wildman–Crippen MR) is 88.4 cm³/mol. The molecule has 3 heterocycles. The maximum absolute atomic E-state index is 12.1. The Morgan fingerprint density at radius 1 is 1.08 bits per heavy atom. The van der Waals surface area contributed by atoms with E-state index >= 15 is 0 Å². The average Bonchev–Trinajstić information content (AvgIpc) is 3.09. The van der Waals surface area contributed by atoms with Crippen molar-refractivity contribution in [2.45, 2.75) is 0 Å². The molecule has 0 aliphatic carbocycles. The first-order chi connectivity index (χ1) is 11.7. The van der Waals surface area contributed by atoms with Gasteiger partial charge in [-0.2, -0.15) is 0 Å². The van der Waals surface area contributed by atoms with Gasteiger partial charge in [0.15, 0.2) is 11.2 Å². The highest BCUT2D eigenvalue weighted by molar-refractivity contribution is 6.11. The van der Waals surface area contributed by atoms with Crippen molar-refractivity contribution in [3.8, 4) is 11.5 Å². The zero-order chi connectivity index (χ0) is 16.7. The minimum absolute atomic E-state index is 0.325. The van der Waals surface area contributed by atoms with Gasteiger partial charge in [0, 0.05) is 19.2 Å². The van der Waals surface area contributed by atoms with Crippen molar-refractivity contribution in [1.29, 1.82) is 0 Å². The second-order valence-electron chi connectivity index (χ2n) is 5.48. The molecule has 0 saturated carbocycles. The van der Waals surface area contributed by atoms with E-state index in [4.69, 9.17) is 23.0 Å². The molecule has 0 amide bonds. The van der Waals surface area contributed by atoms with Crippen molar-refractivity contribution in [2.75, 3.05) is 45.4 Å². The van der Waals surface area contributed by atoms with Crippen molar-refractivity contribution in [1.82, 2.24) is 0 Å². The first kappa shape index (κ1) is 14.9. The molecule has 7 heteroatoms. The van der Waals surface area contributed by atoms with E-state index in [9.17, 15) is 4.79 Å².